The van der Waals surface area contributed by atoms with Crippen LogP contribution < -0.4 is 0 Å². The fourth-order valence-electron chi connectivity index (χ4n) is 1.44. The lowest BCUT2D eigenvalue weighted by molar-refractivity contribution is -0.146. The number of carboxylic acids is 1. The van der Waals surface area contributed by atoms with Gasteiger partial charge in [-0.05, 0) is 26.7 Å². The van der Waals surface area contributed by atoms with Crippen LogP contribution in [0.4, 0.5) is 0 Å². The summed E-state index contributed by atoms with van der Waals surface area (Å²) in [5.74, 6) is -1.17. The Bertz CT molecular complexity index is 373. The molecular formula is C11H24N2O4S. The van der Waals surface area contributed by atoms with Crippen molar-refractivity contribution in [3.8, 4) is 0 Å². The van der Waals surface area contributed by atoms with Gasteiger partial charge in [0.25, 0.3) is 10.2 Å². The normalized spacial score (nSPS) is 13.3. The molecule has 18 heavy (non-hydrogen) atoms. The van der Waals surface area contributed by atoms with Crippen molar-refractivity contribution in [2.75, 3.05) is 20.1 Å². The molecule has 0 unspecified atom stereocenters. The minimum absolute atomic E-state index is 0.399. The molecule has 1 N–H and O–H groups in total. The fraction of sp³-hybridized carbons (Fsp3) is 0.909. The summed E-state index contributed by atoms with van der Waals surface area (Å²) < 4.78 is 27.0. The van der Waals surface area contributed by atoms with E-state index in [2.05, 4.69) is 0 Å². The monoisotopic (exact) mass is 280 g/mol. The number of likely N-dealkylation sites (N-methyl/N-ethyl adjacent to an activating group) is 1. The van der Waals surface area contributed by atoms with Crippen LogP contribution in [0.3, 0.4) is 0 Å². The van der Waals surface area contributed by atoms with Crippen LogP contribution >= 0.6 is 0 Å². The highest BCUT2D eigenvalue weighted by atomic mass is 32.2. The van der Waals surface area contributed by atoms with Gasteiger partial charge in [0.2, 0.25) is 0 Å². The van der Waals surface area contributed by atoms with Gasteiger partial charge in [0.1, 0.15) is 5.54 Å². The molecule has 0 aromatic heterocycles. The Kier molecular flexibility index (Phi) is 6.25. The summed E-state index contributed by atoms with van der Waals surface area (Å²) in [6.45, 7) is 7.33. The third kappa shape index (κ3) is 3.66. The van der Waals surface area contributed by atoms with E-state index in [1.165, 1.54) is 25.2 Å². The lowest BCUT2D eigenvalue weighted by Crippen LogP contribution is -2.55. The van der Waals surface area contributed by atoms with E-state index in [-0.39, 0.29) is 0 Å². The Labute approximate surface area is 110 Å². The van der Waals surface area contributed by atoms with E-state index in [0.717, 1.165) is 4.31 Å². The molecule has 0 aromatic carbocycles. The summed E-state index contributed by atoms with van der Waals surface area (Å²) in [5.41, 5.74) is -1.46. The summed E-state index contributed by atoms with van der Waals surface area (Å²) in [6, 6.07) is 0. The number of carboxylic acid groups (broad SMARTS) is 1. The summed E-state index contributed by atoms with van der Waals surface area (Å²) in [6.07, 6.45) is 1.39. The largest absolute Gasteiger partial charge is 0.480 e. The SMILES string of the molecule is CCCN(CCC)S(=O)(=O)N(C)C(C)(C)C(=O)O. The molecule has 108 valence electrons. The maximum absolute atomic E-state index is 12.4. The van der Waals surface area contributed by atoms with Gasteiger partial charge >= 0.3 is 5.97 Å². The maximum Gasteiger partial charge on any atom is 0.324 e. The van der Waals surface area contributed by atoms with Gasteiger partial charge in [-0.25, -0.2) is 0 Å². The zero-order valence-electron chi connectivity index (χ0n) is 11.8. The minimum Gasteiger partial charge on any atom is -0.480 e. The zero-order valence-corrected chi connectivity index (χ0v) is 12.6. The molecule has 0 rings (SSSR count). The van der Waals surface area contributed by atoms with Crippen LogP contribution in [0.5, 0.6) is 0 Å². The second-order valence-electron chi connectivity index (χ2n) is 4.74. The van der Waals surface area contributed by atoms with Gasteiger partial charge in [-0.3, -0.25) is 4.79 Å². The maximum atomic E-state index is 12.4. The summed E-state index contributed by atoms with van der Waals surface area (Å²) in [7, 11) is -2.43. The highest BCUT2D eigenvalue weighted by Gasteiger charge is 2.41. The van der Waals surface area contributed by atoms with Gasteiger partial charge in [-0.2, -0.15) is 17.0 Å². The predicted octanol–water partition coefficient (Wildman–Crippen LogP) is 1.15. The molecule has 0 aliphatic rings. The van der Waals surface area contributed by atoms with E-state index in [1.54, 1.807) is 0 Å². The Morgan fingerprint density at radius 2 is 1.56 bits per heavy atom. The van der Waals surface area contributed by atoms with Gasteiger partial charge in [0.15, 0.2) is 0 Å². The number of rotatable bonds is 8. The lowest BCUT2D eigenvalue weighted by atomic mass is 10.1. The van der Waals surface area contributed by atoms with E-state index in [9.17, 15) is 13.2 Å². The van der Waals surface area contributed by atoms with Crippen LogP contribution in [0.1, 0.15) is 40.5 Å². The van der Waals surface area contributed by atoms with Crippen molar-refractivity contribution in [3.63, 3.8) is 0 Å². The molecule has 0 bridgehead atoms. The van der Waals surface area contributed by atoms with Crippen molar-refractivity contribution in [1.82, 2.24) is 8.61 Å². The molecule has 6 nitrogen and oxygen atoms in total. The molecule has 0 heterocycles. The quantitative estimate of drug-likeness (QED) is 0.723. The van der Waals surface area contributed by atoms with E-state index >= 15 is 0 Å². The van der Waals surface area contributed by atoms with Crippen LogP contribution in [0.2, 0.25) is 0 Å². The molecule has 0 atom stereocenters. The first-order valence-electron chi connectivity index (χ1n) is 6.09. The Morgan fingerprint density at radius 1 is 1.17 bits per heavy atom. The molecule has 0 radical (unpaired) electrons. The summed E-state index contributed by atoms with van der Waals surface area (Å²) in [4.78, 5) is 11.1. The van der Waals surface area contributed by atoms with E-state index in [4.69, 9.17) is 5.11 Å². The number of carbonyl (C=O) groups is 1. The molecule has 0 fully saturated rings. The van der Waals surface area contributed by atoms with Crippen molar-refractivity contribution in [1.29, 1.82) is 0 Å². The van der Waals surface area contributed by atoms with Crippen LogP contribution in [0.25, 0.3) is 0 Å². The molecule has 0 amide bonds. The smallest absolute Gasteiger partial charge is 0.324 e. The Morgan fingerprint density at radius 3 is 1.83 bits per heavy atom. The molecule has 0 saturated carbocycles. The van der Waals surface area contributed by atoms with Crippen LogP contribution in [0.15, 0.2) is 0 Å². The first-order chi connectivity index (χ1) is 8.12. The highest BCUT2D eigenvalue weighted by molar-refractivity contribution is 7.86. The molecule has 0 aliphatic heterocycles. The highest BCUT2D eigenvalue weighted by Crippen LogP contribution is 2.20. The van der Waals surface area contributed by atoms with Crippen molar-refractivity contribution >= 4 is 16.2 Å². The third-order valence-corrected chi connectivity index (χ3v) is 5.10. The topological polar surface area (TPSA) is 77.9 Å². The standard InChI is InChI=1S/C11H24N2O4S/c1-6-8-13(9-7-2)18(16,17)12(5)11(3,4)10(14)15/h6-9H2,1-5H3,(H,14,15). The van der Waals surface area contributed by atoms with Crippen molar-refractivity contribution in [3.05, 3.63) is 0 Å². The van der Waals surface area contributed by atoms with Crippen molar-refractivity contribution < 1.29 is 18.3 Å². The number of hydrogen-bond donors (Lipinski definition) is 1. The summed E-state index contributed by atoms with van der Waals surface area (Å²) >= 11 is 0. The third-order valence-electron chi connectivity index (χ3n) is 2.93. The fourth-order valence-corrected chi connectivity index (χ4v) is 3.27. The van der Waals surface area contributed by atoms with Crippen LogP contribution in [-0.2, 0) is 15.0 Å². The Hall–Kier alpha value is -0.660. The Balaban J connectivity index is 5.28. The number of hydrogen-bond acceptors (Lipinski definition) is 3. The molecular weight excluding hydrogens is 256 g/mol. The first kappa shape index (κ1) is 17.3. The van der Waals surface area contributed by atoms with E-state index in [1.807, 2.05) is 13.8 Å². The molecule has 0 saturated heterocycles. The van der Waals surface area contributed by atoms with Gasteiger partial charge in [-0.1, -0.05) is 13.8 Å². The second kappa shape index (κ2) is 6.49. The van der Waals surface area contributed by atoms with Crippen molar-refractivity contribution in [2.24, 2.45) is 0 Å². The van der Waals surface area contributed by atoms with Crippen LogP contribution in [0, 0.1) is 0 Å². The minimum atomic E-state index is -3.74. The zero-order chi connectivity index (χ0) is 14.6. The van der Waals surface area contributed by atoms with E-state index in [0.29, 0.717) is 25.9 Å². The number of aliphatic carboxylic acids is 1. The molecule has 0 aliphatic carbocycles. The lowest BCUT2D eigenvalue weighted by Gasteiger charge is -2.34. The summed E-state index contributed by atoms with van der Waals surface area (Å²) in [5, 5.41) is 9.09. The molecule has 0 spiro atoms. The van der Waals surface area contributed by atoms with Gasteiger partial charge in [0.05, 0.1) is 0 Å². The van der Waals surface area contributed by atoms with Gasteiger partial charge < -0.3 is 5.11 Å². The average Bonchev–Trinajstić information content (AvgIpc) is 2.27. The second-order valence-corrected chi connectivity index (χ2v) is 6.70. The van der Waals surface area contributed by atoms with Gasteiger partial charge in [-0.15, -0.1) is 0 Å². The van der Waals surface area contributed by atoms with Crippen LogP contribution in [-0.4, -0.2) is 53.8 Å². The molecule has 7 heteroatoms. The van der Waals surface area contributed by atoms with Gasteiger partial charge in [0, 0.05) is 20.1 Å². The number of nitrogens with zero attached hydrogens (tertiary/aromatic N) is 2. The van der Waals surface area contributed by atoms with E-state index < -0.39 is 21.7 Å². The molecule has 0 aromatic rings. The predicted molar refractivity (Wildman–Crippen MR) is 70.6 cm³/mol. The average molecular weight is 280 g/mol. The van der Waals surface area contributed by atoms with Crippen molar-refractivity contribution in [2.45, 2.75) is 46.1 Å². The first-order valence-corrected chi connectivity index (χ1v) is 7.49.